The highest BCUT2D eigenvalue weighted by molar-refractivity contribution is 8.00. The molecule has 2 aromatic heterocycles. The molecule has 0 spiro atoms. The zero-order chi connectivity index (χ0) is 14.8. The van der Waals surface area contributed by atoms with E-state index in [9.17, 15) is 4.79 Å². The van der Waals surface area contributed by atoms with Crippen molar-refractivity contribution in [2.75, 3.05) is 5.75 Å². The summed E-state index contributed by atoms with van der Waals surface area (Å²) in [6, 6.07) is 7.32. The second-order valence-corrected chi connectivity index (χ2v) is 5.61. The third kappa shape index (κ3) is 2.84. The summed E-state index contributed by atoms with van der Waals surface area (Å²) in [6.45, 7) is 0. The maximum Gasteiger partial charge on any atom is 0.227 e. The van der Waals surface area contributed by atoms with Gasteiger partial charge in [-0.05, 0) is 18.2 Å². The van der Waals surface area contributed by atoms with E-state index >= 15 is 0 Å². The van der Waals surface area contributed by atoms with Gasteiger partial charge in [0.2, 0.25) is 5.91 Å². The first-order chi connectivity index (χ1) is 10.1. The molecular formula is C13H10ClN5OS. The zero-order valence-corrected chi connectivity index (χ0v) is 12.3. The number of nitrogens with two attached hydrogens (primary N) is 1. The normalized spacial score (nSPS) is 10.9. The Morgan fingerprint density at radius 2 is 2.24 bits per heavy atom. The zero-order valence-electron chi connectivity index (χ0n) is 10.7. The van der Waals surface area contributed by atoms with E-state index in [0.29, 0.717) is 15.7 Å². The summed E-state index contributed by atoms with van der Waals surface area (Å²) >= 11 is 7.26. The highest BCUT2D eigenvalue weighted by Gasteiger charge is 2.12. The summed E-state index contributed by atoms with van der Waals surface area (Å²) in [4.78, 5) is 19.3. The summed E-state index contributed by atoms with van der Waals surface area (Å²) in [5.41, 5.74) is 6.62. The van der Waals surface area contributed by atoms with E-state index in [1.165, 1.54) is 18.1 Å². The molecule has 8 heteroatoms. The number of rotatable bonds is 4. The standard InChI is InChI=1S/C13H10ClN5OS/c14-8-2-1-3-9(4-8)19-12-10(5-18-19)13(17-7-16-12)21-6-11(15)20/h1-5,7H,6H2,(H2,15,20). The summed E-state index contributed by atoms with van der Waals surface area (Å²) in [5, 5.41) is 6.38. The van der Waals surface area contributed by atoms with Gasteiger partial charge in [-0.2, -0.15) is 5.10 Å². The third-order valence-corrected chi connectivity index (χ3v) is 4.00. The van der Waals surface area contributed by atoms with Gasteiger partial charge in [0, 0.05) is 5.02 Å². The number of benzene rings is 1. The molecular weight excluding hydrogens is 310 g/mol. The van der Waals surface area contributed by atoms with Gasteiger partial charge in [-0.25, -0.2) is 14.6 Å². The molecule has 1 aromatic carbocycles. The van der Waals surface area contributed by atoms with Crippen LogP contribution in [0.5, 0.6) is 0 Å². The lowest BCUT2D eigenvalue weighted by molar-refractivity contribution is -0.115. The van der Waals surface area contributed by atoms with Gasteiger partial charge in [0.1, 0.15) is 11.4 Å². The van der Waals surface area contributed by atoms with Crippen molar-refractivity contribution in [3.8, 4) is 5.69 Å². The third-order valence-electron chi connectivity index (χ3n) is 2.73. The SMILES string of the molecule is NC(=O)CSc1ncnc2c1cnn2-c1cccc(Cl)c1. The second-order valence-electron chi connectivity index (χ2n) is 4.21. The molecule has 0 atom stereocenters. The van der Waals surface area contributed by atoms with E-state index in [2.05, 4.69) is 15.1 Å². The molecule has 0 unspecified atom stereocenters. The molecule has 2 N–H and O–H groups in total. The minimum atomic E-state index is -0.394. The van der Waals surface area contributed by atoms with E-state index in [1.807, 2.05) is 12.1 Å². The first-order valence-corrected chi connectivity index (χ1v) is 7.37. The van der Waals surface area contributed by atoms with E-state index in [-0.39, 0.29) is 5.75 Å². The molecule has 0 aliphatic heterocycles. The molecule has 0 fully saturated rings. The number of nitrogens with zero attached hydrogens (tertiary/aromatic N) is 4. The van der Waals surface area contributed by atoms with Crippen molar-refractivity contribution in [1.82, 2.24) is 19.7 Å². The molecule has 3 rings (SSSR count). The largest absolute Gasteiger partial charge is 0.369 e. The van der Waals surface area contributed by atoms with Crippen LogP contribution >= 0.6 is 23.4 Å². The van der Waals surface area contributed by atoms with Gasteiger partial charge < -0.3 is 5.73 Å². The quantitative estimate of drug-likeness (QED) is 0.587. The number of fused-ring (bicyclic) bond motifs is 1. The van der Waals surface area contributed by atoms with E-state index in [0.717, 1.165) is 11.1 Å². The predicted molar refractivity (Wildman–Crippen MR) is 81.6 cm³/mol. The van der Waals surface area contributed by atoms with Crippen LogP contribution in [0.25, 0.3) is 16.7 Å². The first-order valence-electron chi connectivity index (χ1n) is 6.01. The van der Waals surface area contributed by atoms with Crippen LogP contribution in [0.1, 0.15) is 0 Å². The van der Waals surface area contributed by atoms with Crippen molar-refractivity contribution in [2.24, 2.45) is 5.73 Å². The van der Waals surface area contributed by atoms with E-state index in [1.54, 1.807) is 23.0 Å². The molecule has 21 heavy (non-hydrogen) atoms. The Morgan fingerprint density at radius 3 is 3.00 bits per heavy atom. The van der Waals surface area contributed by atoms with Crippen LogP contribution in [-0.2, 0) is 4.79 Å². The lowest BCUT2D eigenvalue weighted by atomic mass is 10.3. The van der Waals surface area contributed by atoms with Gasteiger partial charge >= 0.3 is 0 Å². The van der Waals surface area contributed by atoms with Crippen molar-refractivity contribution >= 4 is 40.3 Å². The van der Waals surface area contributed by atoms with Gasteiger partial charge in [0.05, 0.1) is 23.0 Å². The van der Waals surface area contributed by atoms with Crippen molar-refractivity contribution < 1.29 is 4.79 Å². The average molecular weight is 320 g/mol. The van der Waals surface area contributed by atoms with Crippen molar-refractivity contribution in [3.63, 3.8) is 0 Å². The van der Waals surface area contributed by atoms with E-state index < -0.39 is 5.91 Å². The first kappa shape index (κ1) is 13.8. The predicted octanol–water partition coefficient (Wildman–Crippen LogP) is 2.05. The van der Waals surface area contributed by atoms with Crippen LogP contribution in [0.2, 0.25) is 5.02 Å². The minimum absolute atomic E-state index is 0.161. The van der Waals surface area contributed by atoms with E-state index in [4.69, 9.17) is 17.3 Å². The molecule has 3 aromatic rings. The van der Waals surface area contributed by atoms with Crippen molar-refractivity contribution in [2.45, 2.75) is 5.03 Å². The lowest BCUT2D eigenvalue weighted by Gasteiger charge is -2.04. The number of carbonyl (C=O) groups is 1. The Bertz CT molecular complexity index is 819. The lowest BCUT2D eigenvalue weighted by Crippen LogP contribution is -2.13. The van der Waals surface area contributed by atoms with Crippen LogP contribution in [0.15, 0.2) is 41.8 Å². The number of primary amides is 1. The monoisotopic (exact) mass is 319 g/mol. The summed E-state index contributed by atoms with van der Waals surface area (Å²) < 4.78 is 1.68. The smallest absolute Gasteiger partial charge is 0.227 e. The number of halogens is 1. The van der Waals surface area contributed by atoms with Crippen LogP contribution < -0.4 is 5.73 Å². The number of thioether (sulfide) groups is 1. The molecule has 0 aliphatic rings. The minimum Gasteiger partial charge on any atom is -0.369 e. The van der Waals surface area contributed by atoms with Gasteiger partial charge in [-0.3, -0.25) is 4.79 Å². The van der Waals surface area contributed by atoms with Crippen molar-refractivity contribution in [3.05, 3.63) is 41.8 Å². The molecule has 0 saturated heterocycles. The topological polar surface area (TPSA) is 86.7 Å². The highest BCUT2D eigenvalue weighted by atomic mass is 35.5. The summed E-state index contributed by atoms with van der Waals surface area (Å²) in [6.07, 6.45) is 3.11. The summed E-state index contributed by atoms with van der Waals surface area (Å²) in [7, 11) is 0. The number of hydrogen-bond acceptors (Lipinski definition) is 5. The van der Waals surface area contributed by atoms with Crippen LogP contribution in [0, 0.1) is 0 Å². The molecule has 1 amide bonds. The van der Waals surface area contributed by atoms with Gasteiger partial charge in [0.15, 0.2) is 5.65 Å². The van der Waals surface area contributed by atoms with Gasteiger partial charge in [0.25, 0.3) is 0 Å². The Balaban J connectivity index is 2.06. The maximum atomic E-state index is 10.9. The Morgan fingerprint density at radius 1 is 1.38 bits per heavy atom. The van der Waals surface area contributed by atoms with Crippen molar-refractivity contribution in [1.29, 1.82) is 0 Å². The summed E-state index contributed by atoms with van der Waals surface area (Å²) in [5.74, 6) is -0.233. The number of amides is 1. The average Bonchev–Trinajstić information content (AvgIpc) is 2.89. The molecule has 0 saturated carbocycles. The fraction of sp³-hybridized carbons (Fsp3) is 0.0769. The number of hydrogen-bond donors (Lipinski definition) is 1. The van der Waals surface area contributed by atoms with Crippen LogP contribution in [0.3, 0.4) is 0 Å². The number of carbonyl (C=O) groups excluding carboxylic acids is 1. The van der Waals surface area contributed by atoms with Crippen LogP contribution in [0.4, 0.5) is 0 Å². The molecule has 2 heterocycles. The molecule has 0 bridgehead atoms. The van der Waals surface area contributed by atoms with Crippen LogP contribution in [-0.4, -0.2) is 31.4 Å². The van der Waals surface area contributed by atoms with Gasteiger partial charge in [-0.1, -0.05) is 29.4 Å². The highest BCUT2D eigenvalue weighted by Crippen LogP contribution is 2.26. The molecule has 0 aliphatic carbocycles. The number of aromatic nitrogens is 4. The second kappa shape index (κ2) is 5.71. The molecule has 106 valence electrons. The molecule has 6 nitrogen and oxygen atoms in total. The van der Waals surface area contributed by atoms with Gasteiger partial charge in [-0.15, -0.1) is 0 Å². The maximum absolute atomic E-state index is 10.9. The Labute approximate surface area is 129 Å². The fourth-order valence-corrected chi connectivity index (χ4v) is 2.76. The Hall–Kier alpha value is -2.12. The molecule has 0 radical (unpaired) electrons. The Kier molecular flexibility index (Phi) is 3.76. The fourth-order valence-electron chi connectivity index (χ4n) is 1.87.